The van der Waals surface area contributed by atoms with Gasteiger partial charge in [0.25, 0.3) is 0 Å². The SMILES string of the molecule is C=N/C=C\N(CC)CCCNC. The molecule has 3 nitrogen and oxygen atoms in total. The normalized spacial score (nSPS) is 10.5. The second-order valence-electron chi connectivity index (χ2n) is 2.57. The molecule has 0 aliphatic rings. The van der Waals surface area contributed by atoms with Gasteiger partial charge in [-0.05, 0) is 33.7 Å². The molecule has 0 radical (unpaired) electrons. The summed E-state index contributed by atoms with van der Waals surface area (Å²) in [4.78, 5) is 5.88. The Bertz CT molecular complexity index is 132. The average molecular weight is 169 g/mol. The Kier molecular flexibility index (Phi) is 7.70. The van der Waals surface area contributed by atoms with Gasteiger partial charge in [0, 0.05) is 25.5 Å². The van der Waals surface area contributed by atoms with E-state index in [1.807, 2.05) is 13.2 Å². The van der Waals surface area contributed by atoms with Crippen LogP contribution in [-0.4, -0.2) is 38.3 Å². The molecule has 0 aliphatic carbocycles. The van der Waals surface area contributed by atoms with E-state index in [9.17, 15) is 0 Å². The summed E-state index contributed by atoms with van der Waals surface area (Å²) in [5.74, 6) is 0. The maximum absolute atomic E-state index is 3.66. The van der Waals surface area contributed by atoms with Gasteiger partial charge in [-0.2, -0.15) is 0 Å². The number of nitrogens with zero attached hydrogens (tertiary/aromatic N) is 2. The van der Waals surface area contributed by atoms with Crippen molar-refractivity contribution < 1.29 is 0 Å². The fourth-order valence-corrected chi connectivity index (χ4v) is 0.938. The largest absolute Gasteiger partial charge is 0.376 e. The van der Waals surface area contributed by atoms with Gasteiger partial charge in [-0.15, -0.1) is 0 Å². The summed E-state index contributed by atoms with van der Waals surface area (Å²) in [7, 11) is 1.97. The molecule has 0 amide bonds. The van der Waals surface area contributed by atoms with Crippen molar-refractivity contribution in [3.8, 4) is 0 Å². The van der Waals surface area contributed by atoms with E-state index in [1.54, 1.807) is 6.20 Å². The van der Waals surface area contributed by atoms with Crippen molar-refractivity contribution >= 4 is 6.72 Å². The quantitative estimate of drug-likeness (QED) is 0.456. The van der Waals surface area contributed by atoms with Crippen molar-refractivity contribution in [2.75, 3.05) is 26.7 Å². The van der Waals surface area contributed by atoms with E-state index in [0.29, 0.717) is 0 Å². The first-order valence-electron chi connectivity index (χ1n) is 4.36. The molecule has 0 fully saturated rings. The molecule has 0 aromatic rings. The lowest BCUT2D eigenvalue weighted by atomic mass is 10.4. The molecule has 12 heavy (non-hydrogen) atoms. The molecule has 0 rings (SSSR count). The van der Waals surface area contributed by atoms with Gasteiger partial charge >= 0.3 is 0 Å². The molecule has 0 heterocycles. The van der Waals surface area contributed by atoms with Crippen LogP contribution in [0, 0.1) is 0 Å². The van der Waals surface area contributed by atoms with Crippen LogP contribution < -0.4 is 5.32 Å². The zero-order valence-corrected chi connectivity index (χ0v) is 8.08. The number of hydrogen-bond donors (Lipinski definition) is 1. The van der Waals surface area contributed by atoms with Crippen LogP contribution in [0.25, 0.3) is 0 Å². The van der Waals surface area contributed by atoms with E-state index >= 15 is 0 Å². The molecule has 0 atom stereocenters. The minimum atomic E-state index is 1.02. The monoisotopic (exact) mass is 169 g/mol. The minimum absolute atomic E-state index is 1.02. The van der Waals surface area contributed by atoms with Gasteiger partial charge < -0.3 is 10.2 Å². The maximum Gasteiger partial charge on any atom is 0.0419 e. The third-order valence-electron chi connectivity index (χ3n) is 1.66. The summed E-state index contributed by atoms with van der Waals surface area (Å²) in [6, 6.07) is 0. The number of hydrogen-bond acceptors (Lipinski definition) is 3. The predicted octanol–water partition coefficient (Wildman–Crippen LogP) is 1.09. The molecule has 0 unspecified atom stereocenters. The van der Waals surface area contributed by atoms with Crippen molar-refractivity contribution in [2.45, 2.75) is 13.3 Å². The Hall–Kier alpha value is -0.830. The second kappa shape index (κ2) is 8.27. The number of rotatable bonds is 7. The van der Waals surface area contributed by atoms with E-state index in [0.717, 1.165) is 26.1 Å². The van der Waals surface area contributed by atoms with Crippen LogP contribution in [0.4, 0.5) is 0 Å². The first-order chi connectivity index (χ1) is 5.85. The van der Waals surface area contributed by atoms with Crippen LogP contribution in [0.1, 0.15) is 13.3 Å². The van der Waals surface area contributed by atoms with Crippen molar-refractivity contribution in [3.05, 3.63) is 12.4 Å². The van der Waals surface area contributed by atoms with Crippen molar-refractivity contribution in [3.63, 3.8) is 0 Å². The fraction of sp³-hybridized carbons (Fsp3) is 0.667. The molecule has 3 heteroatoms. The Labute approximate surface area is 75.2 Å². The molecule has 1 N–H and O–H groups in total. The molecule has 0 spiro atoms. The fourth-order valence-electron chi connectivity index (χ4n) is 0.938. The van der Waals surface area contributed by atoms with E-state index in [-0.39, 0.29) is 0 Å². The summed E-state index contributed by atoms with van der Waals surface area (Å²) >= 11 is 0. The Morgan fingerprint density at radius 1 is 1.58 bits per heavy atom. The summed E-state index contributed by atoms with van der Waals surface area (Å²) in [6.45, 7) is 8.68. The van der Waals surface area contributed by atoms with Crippen LogP contribution in [-0.2, 0) is 0 Å². The first-order valence-corrected chi connectivity index (χ1v) is 4.36. The topological polar surface area (TPSA) is 27.6 Å². The average Bonchev–Trinajstić information content (AvgIpc) is 2.11. The van der Waals surface area contributed by atoms with Crippen LogP contribution in [0.3, 0.4) is 0 Å². The molecule has 0 saturated carbocycles. The van der Waals surface area contributed by atoms with Crippen LogP contribution in [0.2, 0.25) is 0 Å². The highest BCUT2D eigenvalue weighted by Gasteiger charge is 1.93. The zero-order valence-electron chi connectivity index (χ0n) is 8.08. The Morgan fingerprint density at radius 3 is 2.83 bits per heavy atom. The van der Waals surface area contributed by atoms with E-state index < -0.39 is 0 Å². The summed E-state index contributed by atoms with van der Waals surface area (Å²) in [6.07, 6.45) is 4.86. The first kappa shape index (κ1) is 11.2. The highest BCUT2D eigenvalue weighted by atomic mass is 15.1. The lowest BCUT2D eigenvalue weighted by Crippen LogP contribution is -2.21. The molecule has 70 valence electrons. The predicted molar refractivity (Wildman–Crippen MR) is 54.5 cm³/mol. The smallest absolute Gasteiger partial charge is 0.0419 e. The van der Waals surface area contributed by atoms with Gasteiger partial charge in [0.2, 0.25) is 0 Å². The number of nitrogens with one attached hydrogen (secondary N) is 1. The van der Waals surface area contributed by atoms with Crippen molar-refractivity contribution in [2.24, 2.45) is 4.99 Å². The van der Waals surface area contributed by atoms with Crippen LogP contribution in [0.5, 0.6) is 0 Å². The molecule has 0 aliphatic heterocycles. The molecule has 0 aromatic heterocycles. The summed E-state index contributed by atoms with van der Waals surface area (Å²) < 4.78 is 0. The van der Waals surface area contributed by atoms with Gasteiger partial charge in [-0.3, -0.25) is 4.99 Å². The molecule has 0 saturated heterocycles. The van der Waals surface area contributed by atoms with Crippen LogP contribution in [0.15, 0.2) is 17.4 Å². The molecular weight excluding hydrogens is 150 g/mol. The second-order valence-corrected chi connectivity index (χ2v) is 2.57. The van der Waals surface area contributed by atoms with Gasteiger partial charge in [0.05, 0.1) is 0 Å². The molecule has 0 aromatic carbocycles. The van der Waals surface area contributed by atoms with Crippen molar-refractivity contribution in [1.82, 2.24) is 10.2 Å². The van der Waals surface area contributed by atoms with Crippen LogP contribution >= 0.6 is 0 Å². The Balaban J connectivity index is 3.52. The maximum atomic E-state index is 3.66. The van der Waals surface area contributed by atoms with E-state index in [1.165, 1.54) is 0 Å². The lowest BCUT2D eigenvalue weighted by Gasteiger charge is -2.16. The Morgan fingerprint density at radius 2 is 2.33 bits per heavy atom. The lowest BCUT2D eigenvalue weighted by molar-refractivity contribution is 0.386. The highest BCUT2D eigenvalue weighted by molar-refractivity contribution is 5.25. The summed E-state index contributed by atoms with van der Waals surface area (Å²) in [5.41, 5.74) is 0. The molecule has 0 bridgehead atoms. The van der Waals surface area contributed by atoms with Gasteiger partial charge in [0.15, 0.2) is 0 Å². The number of aliphatic imine (C=N–C) groups is 1. The van der Waals surface area contributed by atoms with Crippen molar-refractivity contribution in [1.29, 1.82) is 0 Å². The van der Waals surface area contributed by atoms with Gasteiger partial charge in [0.1, 0.15) is 0 Å². The third-order valence-corrected chi connectivity index (χ3v) is 1.66. The molecular formula is C9H19N3. The van der Waals surface area contributed by atoms with E-state index in [4.69, 9.17) is 0 Å². The standard InChI is InChI=1S/C9H19N3/c1-4-12(9-7-11-3)8-5-6-10-2/h7,9-10H,3-6,8H2,1-2H3/b9-7-. The zero-order chi connectivity index (χ0) is 9.23. The van der Waals surface area contributed by atoms with Gasteiger partial charge in [-0.1, -0.05) is 0 Å². The van der Waals surface area contributed by atoms with Gasteiger partial charge in [-0.25, -0.2) is 0 Å². The minimum Gasteiger partial charge on any atom is -0.376 e. The summed E-state index contributed by atoms with van der Waals surface area (Å²) in [5, 5.41) is 3.12. The highest BCUT2D eigenvalue weighted by Crippen LogP contribution is 1.91. The van der Waals surface area contributed by atoms with E-state index in [2.05, 4.69) is 28.9 Å². The third kappa shape index (κ3) is 5.92.